The van der Waals surface area contributed by atoms with E-state index in [-0.39, 0.29) is 12.0 Å². The molecule has 0 radical (unpaired) electrons. The third-order valence-electron chi connectivity index (χ3n) is 3.61. The van der Waals surface area contributed by atoms with Crippen molar-refractivity contribution in [2.75, 3.05) is 18.0 Å². The first kappa shape index (κ1) is 12.2. The van der Waals surface area contributed by atoms with Gasteiger partial charge in [-0.2, -0.15) is 0 Å². The number of aromatic nitrogens is 2. The zero-order chi connectivity index (χ0) is 13.4. The highest BCUT2D eigenvalue weighted by Gasteiger charge is 2.23. The van der Waals surface area contributed by atoms with Gasteiger partial charge in [0.1, 0.15) is 0 Å². The van der Waals surface area contributed by atoms with Crippen molar-refractivity contribution in [3.8, 4) is 0 Å². The number of piperidine rings is 1. The summed E-state index contributed by atoms with van der Waals surface area (Å²) in [7, 11) is 0. The fourth-order valence-corrected chi connectivity index (χ4v) is 2.60. The van der Waals surface area contributed by atoms with Crippen molar-refractivity contribution in [1.82, 2.24) is 9.55 Å². The second kappa shape index (κ2) is 4.66. The van der Waals surface area contributed by atoms with Crippen LogP contribution in [-0.4, -0.2) is 39.8 Å². The highest BCUT2D eigenvalue weighted by atomic mass is 16.3. The molecule has 0 bridgehead atoms. The van der Waals surface area contributed by atoms with Gasteiger partial charge in [0.05, 0.1) is 17.1 Å². The van der Waals surface area contributed by atoms with Gasteiger partial charge in [0.2, 0.25) is 11.9 Å². The molecule has 1 aromatic heterocycles. The topological polar surface area (TPSA) is 58.4 Å². The summed E-state index contributed by atoms with van der Waals surface area (Å²) in [5, 5.41) is 9.57. The number of hydrogen-bond donors (Lipinski definition) is 1. The standard InChI is InChI=1S/C14H17N3O2/c1-10(18)17-13-5-3-2-4-12(13)15-14(17)16-8-6-11(19)7-9-16/h2-5,11,19H,6-9H2,1H3. The summed E-state index contributed by atoms with van der Waals surface area (Å²) in [5.74, 6) is 0.662. The predicted octanol–water partition coefficient (Wildman–Crippen LogP) is 1.66. The van der Waals surface area contributed by atoms with Crippen molar-refractivity contribution in [3.05, 3.63) is 24.3 Å². The normalized spacial score (nSPS) is 17.1. The summed E-state index contributed by atoms with van der Waals surface area (Å²) in [4.78, 5) is 18.5. The zero-order valence-corrected chi connectivity index (χ0v) is 10.9. The molecule has 0 spiro atoms. The van der Waals surface area contributed by atoms with Crippen LogP contribution < -0.4 is 4.90 Å². The molecular formula is C14H17N3O2. The van der Waals surface area contributed by atoms with E-state index in [1.54, 1.807) is 11.5 Å². The van der Waals surface area contributed by atoms with Crippen molar-refractivity contribution >= 4 is 22.9 Å². The molecule has 1 aliphatic rings. The molecule has 3 rings (SSSR count). The SMILES string of the molecule is CC(=O)n1c(N2CCC(O)CC2)nc2ccccc21. The highest BCUT2D eigenvalue weighted by molar-refractivity contribution is 5.92. The van der Waals surface area contributed by atoms with E-state index >= 15 is 0 Å². The Bertz CT molecular complexity index is 612. The van der Waals surface area contributed by atoms with Gasteiger partial charge in [-0.3, -0.25) is 4.79 Å². The van der Waals surface area contributed by atoms with Crippen molar-refractivity contribution in [2.24, 2.45) is 0 Å². The van der Waals surface area contributed by atoms with Gasteiger partial charge < -0.3 is 10.0 Å². The Hall–Kier alpha value is -1.88. The fraction of sp³-hybridized carbons (Fsp3) is 0.429. The molecule has 2 aromatic rings. The smallest absolute Gasteiger partial charge is 0.230 e. The Morgan fingerprint density at radius 1 is 1.32 bits per heavy atom. The molecule has 1 saturated heterocycles. The Balaban J connectivity index is 2.07. The summed E-state index contributed by atoms with van der Waals surface area (Å²) >= 11 is 0. The lowest BCUT2D eigenvalue weighted by molar-refractivity contribution is 0.0941. The summed E-state index contributed by atoms with van der Waals surface area (Å²) in [6.45, 7) is 3.02. The Morgan fingerprint density at radius 3 is 2.68 bits per heavy atom. The fourth-order valence-electron chi connectivity index (χ4n) is 2.60. The number of aliphatic hydroxyl groups excluding tert-OH is 1. The first-order valence-electron chi connectivity index (χ1n) is 6.58. The van der Waals surface area contributed by atoms with E-state index in [4.69, 9.17) is 0 Å². The maximum absolute atomic E-state index is 11.9. The molecule has 0 amide bonds. The molecular weight excluding hydrogens is 242 g/mol. The number of rotatable bonds is 1. The van der Waals surface area contributed by atoms with Crippen LogP contribution in [0.2, 0.25) is 0 Å². The van der Waals surface area contributed by atoms with E-state index in [2.05, 4.69) is 9.88 Å². The number of carbonyl (C=O) groups is 1. The number of nitrogens with zero attached hydrogens (tertiary/aromatic N) is 3. The summed E-state index contributed by atoms with van der Waals surface area (Å²) in [5.41, 5.74) is 1.68. The quantitative estimate of drug-likeness (QED) is 0.846. The van der Waals surface area contributed by atoms with Crippen LogP contribution in [0.15, 0.2) is 24.3 Å². The largest absolute Gasteiger partial charge is 0.393 e. The van der Waals surface area contributed by atoms with E-state index in [9.17, 15) is 9.90 Å². The molecule has 0 unspecified atom stereocenters. The molecule has 0 aliphatic carbocycles. The molecule has 1 N–H and O–H groups in total. The minimum atomic E-state index is -0.230. The number of imidazole rings is 1. The lowest BCUT2D eigenvalue weighted by Gasteiger charge is -2.30. The molecule has 0 atom stereocenters. The van der Waals surface area contributed by atoms with Crippen LogP contribution in [0.3, 0.4) is 0 Å². The molecule has 5 heteroatoms. The minimum Gasteiger partial charge on any atom is -0.393 e. The van der Waals surface area contributed by atoms with Crippen LogP contribution in [0.25, 0.3) is 11.0 Å². The van der Waals surface area contributed by atoms with Gasteiger partial charge in [0.15, 0.2) is 0 Å². The molecule has 0 saturated carbocycles. The maximum atomic E-state index is 11.9. The van der Waals surface area contributed by atoms with Crippen LogP contribution in [-0.2, 0) is 0 Å². The predicted molar refractivity (Wildman–Crippen MR) is 73.5 cm³/mol. The maximum Gasteiger partial charge on any atom is 0.230 e. The Kier molecular flexibility index (Phi) is 2.98. The molecule has 100 valence electrons. The minimum absolute atomic E-state index is 0.0326. The number of hydrogen-bond acceptors (Lipinski definition) is 4. The van der Waals surface area contributed by atoms with Crippen molar-refractivity contribution in [2.45, 2.75) is 25.9 Å². The van der Waals surface area contributed by atoms with Gasteiger partial charge in [-0.15, -0.1) is 0 Å². The molecule has 19 heavy (non-hydrogen) atoms. The third kappa shape index (κ3) is 2.10. The number of carbonyl (C=O) groups excluding carboxylic acids is 1. The molecule has 2 heterocycles. The van der Waals surface area contributed by atoms with Crippen molar-refractivity contribution in [3.63, 3.8) is 0 Å². The molecule has 1 aliphatic heterocycles. The number of aliphatic hydroxyl groups is 1. The van der Waals surface area contributed by atoms with E-state index in [1.807, 2.05) is 24.3 Å². The number of benzene rings is 1. The zero-order valence-electron chi connectivity index (χ0n) is 10.9. The first-order chi connectivity index (χ1) is 9.16. The molecule has 5 nitrogen and oxygen atoms in total. The summed E-state index contributed by atoms with van der Waals surface area (Å²) in [6.07, 6.45) is 1.22. The number of anilines is 1. The monoisotopic (exact) mass is 259 g/mol. The van der Waals surface area contributed by atoms with Gasteiger partial charge in [-0.1, -0.05) is 12.1 Å². The lowest BCUT2D eigenvalue weighted by atomic mass is 10.1. The average Bonchev–Trinajstić information content (AvgIpc) is 2.78. The highest BCUT2D eigenvalue weighted by Crippen LogP contribution is 2.25. The van der Waals surface area contributed by atoms with Gasteiger partial charge in [-0.25, -0.2) is 9.55 Å². The van der Waals surface area contributed by atoms with Crippen LogP contribution in [0.4, 0.5) is 5.95 Å². The van der Waals surface area contributed by atoms with Crippen LogP contribution >= 0.6 is 0 Å². The van der Waals surface area contributed by atoms with E-state index in [1.165, 1.54) is 0 Å². The van der Waals surface area contributed by atoms with E-state index in [0.717, 1.165) is 37.0 Å². The second-order valence-electron chi connectivity index (χ2n) is 4.97. The summed E-state index contributed by atoms with van der Waals surface area (Å²) < 4.78 is 1.66. The Morgan fingerprint density at radius 2 is 2.00 bits per heavy atom. The second-order valence-corrected chi connectivity index (χ2v) is 4.97. The Labute approximate surface area is 111 Å². The first-order valence-corrected chi connectivity index (χ1v) is 6.58. The van der Waals surface area contributed by atoms with Crippen LogP contribution in [0.5, 0.6) is 0 Å². The number of para-hydroxylation sites is 2. The van der Waals surface area contributed by atoms with Crippen LogP contribution in [0, 0.1) is 0 Å². The lowest BCUT2D eigenvalue weighted by Crippen LogP contribution is -2.37. The van der Waals surface area contributed by atoms with Gasteiger partial charge >= 0.3 is 0 Å². The van der Waals surface area contributed by atoms with Crippen LogP contribution in [0.1, 0.15) is 24.6 Å². The third-order valence-corrected chi connectivity index (χ3v) is 3.61. The van der Waals surface area contributed by atoms with Gasteiger partial charge in [-0.05, 0) is 25.0 Å². The van der Waals surface area contributed by atoms with E-state index in [0.29, 0.717) is 5.95 Å². The van der Waals surface area contributed by atoms with Gasteiger partial charge in [0, 0.05) is 20.0 Å². The van der Waals surface area contributed by atoms with Crippen molar-refractivity contribution in [1.29, 1.82) is 0 Å². The average molecular weight is 259 g/mol. The van der Waals surface area contributed by atoms with Gasteiger partial charge in [0.25, 0.3) is 0 Å². The summed E-state index contributed by atoms with van der Waals surface area (Å²) in [6, 6.07) is 7.65. The van der Waals surface area contributed by atoms with Crippen molar-refractivity contribution < 1.29 is 9.90 Å². The molecule has 1 aromatic carbocycles. The van der Waals surface area contributed by atoms with E-state index < -0.39 is 0 Å². The number of fused-ring (bicyclic) bond motifs is 1. The molecule has 1 fully saturated rings.